The van der Waals surface area contributed by atoms with E-state index >= 15 is 0 Å². The molecule has 0 aliphatic carbocycles. The van der Waals surface area contributed by atoms with E-state index in [9.17, 15) is 0 Å². The van der Waals surface area contributed by atoms with Crippen LogP contribution in [0.15, 0.2) is 29.3 Å². The van der Waals surface area contributed by atoms with Crippen molar-refractivity contribution in [2.45, 2.75) is 6.92 Å². The topological polar surface area (TPSA) is 45.7 Å². The molecular formula is C12H19N3O. The highest BCUT2D eigenvalue weighted by Gasteiger charge is 1.97. The second-order valence-electron chi connectivity index (χ2n) is 3.36. The van der Waals surface area contributed by atoms with Crippen LogP contribution >= 0.6 is 0 Å². The van der Waals surface area contributed by atoms with E-state index in [4.69, 9.17) is 4.74 Å². The van der Waals surface area contributed by atoms with E-state index < -0.39 is 0 Å². The van der Waals surface area contributed by atoms with Gasteiger partial charge >= 0.3 is 0 Å². The molecule has 0 fully saturated rings. The monoisotopic (exact) mass is 221 g/mol. The third-order valence-corrected chi connectivity index (χ3v) is 2.21. The van der Waals surface area contributed by atoms with Crippen LogP contribution in [-0.2, 0) is 0 Å². The molecule has 0 bridgehead atoms. The third kappa shape index (κ3) is 3.81. The number of benzene rings is 1. The molecule has 1 aromatic rings. The van der Waals surface area contributed by atoms with Crippen molar-refractivity contribution in [1.82, 2.24) is 10.6 Å². The first kappa shape index (κ1) is 12.4. The van der Waals surface area contributed by atoms with Gasteiger partial charge in [-0.05, 0) is 18.6 Å². The fraction of sp³-hybridized carbons (Fsp3) is 0.417. The Kier molecular flexibility index (Phi) is 5.19. The maximum atomic E-state index is 5.63. The SMILES string of the molecule is CN=C(NC)NCCOc1ccccc1C. The lowest BCUT2D eigenvalue weighted by Crippen LogP contribution is -2.37. The number of aryl methyl sites for hydroxylation is 1. The second-order valence-corrected chi connectivity index (χ2v) is 3.36. The molecule has 0 heterocycles. The zero-order valence-electron chi connectivity index (χ0n) is 10.1. The standard InChI is InChI=1S/C12H19N3O/c1-10-6-4-5-7-11(10)16-9-8-15-12(13-2)14-3/h4-7H,8-9H2,1-3H3,(H2,13,14,15). The molecule has 0 saturated carbocycles. The van der Waals surface area contributed by atoms with E-state index in [1.54, 1.807) is 7.05 Å². The summed E-state index contributed by atoms with van der Waals surface area (Å²) in [5.74, 6) is 1.71. The fourth-order valence-corrected chi connectivity index (χ4v) is 1.33. The van der Waals surface area contributed by atoms with Gasteiger partial charge in [-0.3, -0.25) is 4.99 Å². The van der Waals surface area contributed by atoms with Gasteiger partial charge in [-0.2, -0.15) is 0 Å². The van der Waals surface area contributed by atoms with Gasteiger partial charge in [0.05, 0.1) is 6.54 Å². The van der Waals surface area contributed by atoms with Gasteiger partial charge in [0, 0.05) is 14.1 Å². The van der Waals surface area contributed by atoms with Crippen molar-refractivity contribution in [2.75, 3.05) is 27.2 Å². The van der Waals surface area contributed by atoms with Gasteiger partial charge in [-0.1, -0.05) is 18.2 Å². The normalized spacial score (nSPS) is 11.1. The molecule has 2 N–H and O–H groups in total. The minimum Gasteiger partial charge on any atom is -0.491 e. The van der Waals surface area contributed by atoms with E-state index in [-0.39, 0.29) is 0 Å². The van der Waals surface area contributed by atoms with Gasteiger partial charge in [0.1, 0.15) is 12.4 Å². The summed E-state index contributed by atoms with van der Waals surface area (Å²) in [6, 6.07) is 7.99. The highest BCUT2D eigenvalue weighted by Crippen LogP contribution is 2.15. The van der Waals surface area contributed by atoms with E-state index in [1.807, 2.05) is 38.2 Å². The molecule has 0 saturated heterocycles. The number of nitrogens with zero attached hydrogens (tertiary/aromatic N) is 1. The van der Waals surface area contributed by atoms with Crippen LogP contribution in [0.25, 0.3) is 0 Å². The Morgan fingerprint density at radius 3 is 2.75 bits per heavy atom. The van der Waals surface area contributed by atoms with Gasteiger partial charge in [-0.25, -0.2) is 0 Å². The molecule has 88 valence electrons. The van der Waals surface area contributed by atoms with E-state index in [2.05, 4.69) is 15.6 Å². The van der Waals surface area contributed by atoms with Gasteiger partial charge in [-0.15, -0.1) is 0 Å². The van der Waals surface area contributed by atoms with Crippen molar-refractivity contribution >= 4 is 5.96 Å². The van der Waals surface area contributed by atoms with Crippen LogP contribution in [0.5, 0.6) is 5.75 Å². The van der Waals surface area contributed by atoms with Crippen LogP contribution in [0.2, 0.25) is 0 Å². The summed E-state index contributed by atoms with van der Waals surface area (Å²) in [6.07, 6.45) is 0. The quantitative estimate of drug-likeness (QED) is 0.456. The molecular weight excluding hydrogens is 202 g/mol. The molecule has 0 atom stereocenters. The van der Waals surface area contributed by atoms with Gasteiger partial charge in [0.15, 0.2) is 5.96 Å². The molecule has 1 rings (SSSR count). The molecule has 4 nitrogen and oxygen atoms in total. The first-order valence-corrected chi connectivity index (χ1v) is 5.34. The van der Waals surface area contributed by atoms with Crippen LogP contribution in [0.3, 0.4) is 0 Å². The Balaban J connectivity index is 2.29. The average Bonchev–Trinajstić information content (AvgIpc) is 2.31. The van der Waals surface area contributed by atoms with Gasteiger partial charge in [0.25, 0.3) is 0 Å². The fourth-order valence-electron chi connectivity index (χ4n) is 1.33. The lowest BCUT2D eigenvalue weighted by atomic mass is 10.2. The summed E-state index contributed by atoms with van der Waals surface area (Å²) < 4.78 is 5.63. The largest absolute Gasteiger partial charge is 0.491 e. The number of para-hydroxylation sites is 1. The molecule has 0 aliphatic heterocycles. The number of hydrogen-bond donors (Lipinski definition) is 2. The molecule has 16 heavy (non-hydrogen) atoms. The van der Waals surface area contributed by atoms with Crippen LogP contribution in [0.4, 0.5) is 0 Å². The lowest BCUT2D eigenvalue weighted by Gasteiger charge is -2.11. The molecule has 0 unspecified atom stereocenters. The zero-order valence-corrected chi connectivity index (χ0v) is 10.1. The molecule has 0 radical (unpaired) electrons. The predicted octanol–water partition coefficient (Wildman–Crippen LogP) is 1.17. The number of aliphatic imine (C=N–C) groups is 1. The number of guanidine groups is 1. The first-order valence-electron chi connectivity index (χ1n) is 5.34. The maximum absolute atomic E-state index is 5.63. The van der Waals surface area contributed by atoms with Crippen LogP contribution in [0.1, 0.15) is 5.56 Å². The summed E-state index contributed by atoms with van der Waals surface area (Å²) in [5.41, 5.74) is 1.15. The van der Waals surface area contributed by atoms with Crippen molar-refractivity contribution in [3.8, 4) is 5.75 Å². The summed E-state index contributed by atoms with van der Waals surface area (Å²) in [4.78, 5) is 4.01. The average molecular weight is 221 g/mol. The number of hydrogen-bond acceptors (Lipinski definition) is 2. The third-order valence-electron chi connectivity index (χ3n) is 2.21. The first-order chi connectivity index (χ1) is 7.77. The number of ether oxygens (including phenoxy) is 1. The van der Waals surface area contributed by atoms with Crippen molar-refractivity contribution in [2.24, 2.45) is 4.99 Å². The van der Waals surface area contributed by atoms with Crippen molar-refractivity contribution in [3.63, 3.8) is 0 Å². The lowest BCUT2D eigenvalue weighted by molar-refractivity contribution is 0.320. The highest BCUT2D eigenvalue weighted by atomic mass is 16.5. The minimum absolute atomic E-state index is 0.617. The summed E-state index contributed by atoms with van der Waals surface area (Å²) in [6.45, 7) is 3.38. The summed E-state index contributed by atoms with van der Waals surface area (Å²) >= 11 is 0. The van der Waals surface area contributed by atoms with Crippen LogP contribution in [-0.4, -0.2) is 33.2 Å². The van der Waals surface area contributed by atoms with E-state index in [1.165, 1.54) is 0 Å². The molecule has 0 aliphatic rings. The Morgan fingerprint density at radius 1 is 1.38 bits per heavy atom. The van der Waals surface area contributed by atoms with Gasteiger partial charge in [0.2, 0.25) is 0 Å². The Hall–Kier alpha value is -1.71. The Labute approximate surface area is 96.7 Å². The zero-order chi connectivity index (χ0) is 11.8. The summed E-state index contributed by atoms with van der Waals surface area (Å²) in [5, 5.41) is 6.07. The molecule has 0 amide bonds. The van der Waals surface area contributed by atoms with Crippen molar-refractivity contribution in [1.29, 1.82) is 0 Å². The van der Waals surface area contributed by atoms with E-state index in [0.717, 1.165) is 23.8 Å². The number of nitrogens with one attached hydrogen (secondary N) is 2. The smallest absolute Gasteiger partial charge is 0.190 e. The minimum atomic E-state index is 0.617. The number of rotatable bonds is 4. The second kappa shape index (κ2) is 6.71. The van der Waals surface area contributed by atoms with Crippen molar-refractivity contribution < 1.29 is 4.74 Å². The Bertz CT molecular complexity index is 350. The molecule has 1 aromatic carbocycles. The molecule has 0 spiro atoms. The molecule has 4 heteroatoms. The van der Waals surface area contributed by atoms with Crippen LogP contribution < -0.4 is 15.4 Å². The van der Waals surface area contributed by atoms with Gasteiger partial charge < -0.3 is 15.4 Å². The molecule has 0 aromatic heterocycles. The summed E-state index contributed by atoms with van der Waals surface area (Å²) in [7, 11) is 3.57. The van der Waals surface area contributed by atoms with Crippen LogP contribution in [0, 0.1) is 6.92 Å². The Morgan fingerprint density at radius 2 is 2.12 bits per heavy atom. The predicted molar refractivity (Wildman–Crippen MR) is 67.1 cm³/mol. The van der Waals surface area contributed by atoms with Crippen molar-refractivity contribution in [3.05, 3.63) is 29.8 Å². The van der Waals surface area contributed by atoms with E-state index in [0.29, 0.717) is 6.61 Å². The maximum Gasteiger partial charge on any atom is 0.190 e. The highest BCUT2D eigenvalue weighted by molar-refractivity contribution is 5.79.